The maximum atomic E-state index is 13.9. The molecule has 9 nitrogen and oxygen atoms in total. The zero-order chi connectivity index (χ0) is 26.9. The molecular weight excluding hydrogens is 494 g/mol. The fraction of sp³-hybridized carbons (Fsp3) is 0.333. The summed E-state index contributed by atoms with van der Waals surface area (Å²) < 4.78 is 37.7. The largest absolute Gasteiger partial charge is 0.493 e. The molecule has 0 N–H and O–H groups in total. The number of rotatable bonds is 10. The van der Waals surface area contributed by atoms with E-state index >= 15 is 0 Å². The predicted octanol–water partition coefficient (Wildman–Crippen LogP) is 3.33. The summed E-state index contributed by atoms with van der Waals surface area (Å²) in [6.45, 7) is 2.90. The van der Waals surface area contributed by atoms with Crippen LogP contribution in [0.15, 0.2) is 54.9 Å². The first-order valence-corrected chi connectivity index (χ1v) is 13.9. The quantitative estimate of drug-likeness (QED) is 0.375. The minimum Gasteiger partial charge on any atom is -0.493 e. The summed E-state index contributed by atoms with van der Waals surface area (Å²) in [6.07, 6.45) is 4.85. The fourth-order valence-corrected chi connectivity index (χ4v) is 5.52. The second-order valence-electron chi connectivity index (χ2n) is 9.30. The molecule has 1 aromatic heterocycles. The van der Waals surface area contributed by atoms with E-state index in [1.807, 2.05) is 48.9 Å². The van der Waals surface area contributed by atoms with Crippen molar-refractivity contribution >= 4 is 21.7 Å². The minimum absolute atomic E-state index is 0.238. The standard InChI is InChI=1S/C27H31N3O6S/c1-6-36-24-14-19(10-11-23(24)35-4)22(17-37(5,33)34)30-26(31)20-8-7-9-21(25(20)27(30)32)29-13-12-18(16-29)15-28(2)3/h7-14,16,22H,6,15,17H2,1-5H3. The summed E-state index contributed by atoms with van der Waals surface area (Å²) in [5, 5.41) is 0. The molecule has 1 aliphatic heterocycles. The number of benzene rings is 2. The molecule has 3 aromatic rings. The Kier molecular flexibility index (Phi) is 7.42. The molecule has 2 amide bonds. The van der Waals surface area contributed by atoms with E-state index in [0.29, 0.717) is 29.4 Å². The van der Waals surface area contributed by atoms with Crippen molar-refractivity contribution in [3.8, 4) is 17.2 Å². The lowest BCUT2D eigenvalue weighted by atomic mass is 10.1. The van der Waals surface area contributed by atoms with Crippen LogP contribution in [0, 0.1) is 0 Å². The van der Waals surface area contributed by atoms with Crippen LogP contribution in [0.3, 0.4) is 0 Å². The maximum Gasteiger partial charge on any atom is 0.264 e. The van der Waals surface area contributed by atoms with E-state index in [1.165, 1.54) is 7.11 Å². The van der Waals surface area contributed by atoms with Gasteiger partial charge in [0, 0.05) is 25.2 Å². The smallest absolute Gasteiger partial charge is 0.264 e. The van der Waals surface area contributed by atoms with Gasteiger partial charge in [0.1, 0.15) is 9.84 Å². The highest BCUT2D eigenvalue weighted by molar-refractivity contribution is 7.90. The summed E-state index contributed by atoms with van der Waals surface area (Å²) >= 11 is 0. The van der Waals surface area contributed by atoms with Gasteiger partial charge in [-0.25, -0.2) is 8.42 Å². The molecule has 2 heterocycles. The van der Waals surface area contributed by atoms with Crippen LogP contribution in [0.2, 0.25) is 0 Å². The van der Waals surface area contributed by atoms with Crippen LogP contribution in [-0.2, 0) is 16.4 Å². The number of amides is 2. The monoisotopic (exact) mass is 525 g/mol. The summed E-state index contributed by atoms with van der Waals surface area (Å²) in [6, 6.07) is 10.9. The normalized spacial score (nSPS) is 14.3. The molecule has 37 heavy (non-hydrogen) atoms. The number of ether oxygens (including phenoxy) is 2. The number of hydrogen-bond donors (Lipinski definition) is 0. The van der Waals surface area contributed by atoms with Gasteiger partial charge in [-0.1, -0.05) is 12.1 Å². The molecule has 4 rings (SSSR count). The van der Waals surface area contributed by atoms with E-state index in [2.05, 4.69) is 0 Å². The highest BCUT2D eigenvalue weighted by Crippen LogP contribution is 2.38. The van der Waals surface area contributed by atoms with Crippen LogP contribution in [0.4, 0.5) is 0 Å². The van der Waals surface area contributed by atoms with E-state index in [0.717, 1.165) is 23.3 Å². The molecule has 0 spiro atoms. The van der Waals surface area contributed by atoms with Crippen molar-refractivity contribution in [1.29, 1.82) is 0 Å². The van der Waals surface area contributed by atoms with Gasteiger partial charge in [0.15, 0.2) is 11.5 Å². The molecule has 0 aliphatic carbocycles. The number of carbonyl (C=O) groups excluding carboxylic acids is 2. The highest BCUT2D eigenvalue weighted by Gasteiger charge is 2.43. The maximum absolute atomic E-state index is 13.9. The zero-order valence-corrected chi connectivity index (χ0v) is 22.4. The van der Waals surface area contributed by atoms with E-state index in [9.17, 15) is 18.0 Å². The van der Waals surface area contributed by atoms with Crippen molar-refractivity contribution in [2.45, 2.75) is 19.5 Å². The Morgan fingerprint density at radius 2 is 1.78 bits per heavy atom. The molecule has 196 valence electrons. The molecule has 0 saturated carbocycles. The third-order valence-corrected chi connectivity index (χ3v) is 7.02. The number of nitrogens with zero attached hydrogens (tertiary/aromatic N) is 3. The van der Waals surface area contributed by atoms with Crippen molar-refractivity contribution in [3.05, 3.63) is 77.1 Å². The number of hydrogen-bond acceptors (Lipinski definition) is 7. The molecule has 0 radical (unpaired) electrons. The topological polar surface area (TPSA) is 98.2 Å². The Bertz CT molecular complexity index is 1440. The Labute approximate surface area is 217 Å². The first-order chi connectivity index (χ1) is 17.5. The van der Waals surface area contributed by atoms with E-state index in [-0.39, 0.29) is 11.1 Å². The van der Waals surface area contributed by atoms with Crippen molar-refractivity contribution in [3.63, 3.8) is 0 Å². The molecule has 2 aromatic carbocycles. The number of imide groups is 1. The number of sulfone groups is 1. The van der Waals surface area contributed by atoms with Gasteiger partial charge in [-0.2, -0.15) is 0 Å². The van der Waals surface area contributed by atoms with Gasteiger partial charge in [0.25, 0.3) is 11.8 Å². The summed E-state index contributed by atoms with van der Waals surface area (Å²) in [4.78, 5) is 30.6. The van der Waals surface area contributed by atoms with Crippen LogP contribution < -0.4 is 9.47 Å². The first kappa shape index (κ1) is 26.4. The molecule has 0 fully saturated rings. The van der Waals surface area contributed by atoms with E-state index < -0.39 is 33.4 Å². The molecule has 1 atom stereocenters. The summed E-state index contributed by atoms with van der Waals surface area (Å²) in [5.41, 5.74) is 2.55. The van der Waals surface area contributed by atoms with E-state index in [4.69, 9.17) is 9.47 Å². The number of carbonyl (C=O) groups is 2. The van der Waals surface area contributed by atoms with Crippen molar-refractivity contribution < 1.29 is 27.5 Å². The lowest BCUT2D eigenvalue weighted by molar-refractivity contribution is 0.0597. The number of aromatic nitrogens is 1. The Hall–Kier alpha value is -3.63. The van der Waals surface area contributed by atoms with Crippen LogP contribution in [0.1, 0.15) is 44.8 Å². The third-order valence-electron chi connectivity index (χ3n) is 6.10. The van der Waals surface area contributed by atoms with Crippen molar-refractivity contribution in [1.82, 2.24) is 14.4 Å². The predicted molar refractivity (Wildman–Crippen MR) is 140 cm³/mol. The average Bonchev–Trinajstić information content (AvgIpc) is 3.39. The lowest BCUT2D eigenvalue weighted by Crippen LogP contribution is -2.37. The van der Waals surface area contributed by atoms with Crippen LogP contribution >= 0.6 is 0 Å². The second-order valence-corrected chi connectivity index (χ2v) is 11.5. The highest BCUT2D eigenvalue weighted by atomic mass is 32.2. The minimum atomic E-state index is -3.58. The lowest BCUT2D eigenvalue weighted by Gasteiger charge is -2.27. The Morgan fingerprint density at radius 3 is 2.43 bits per heavy atom. The second kappa shape index (κ2) is 10.4. The van der Waals surface area contributed by atoms with Gasteiger partial charge in [-0.05, 0) is 62.5 Å². The number of fused-ring (bicyclic) bond motifs is 1. The molecule has 0 bridgehead atoms. The van der Waals surface area contributed by atoms with Gasteiger partial charge >= 0.3 is 0 Å². The van der Waals surface area contributed by atoms with Crippen LogP contribution in [-0.4, -0.2) is 74.4 Å². The first-order valence-electron chi connectivity index (χ1n) is 11.9. The average molecular weight is 526 g/mol. The number of methoxy groups -OCH3 is 1. The van der Waals surface area contributed by atoms with Gasteiger partial charge < -0.3 is 18.9 Å². The van der Waals surface area contributed by atoms with Gasteiger partial charge in [-0.3, -0.25) is 14.5 Å². The van der Waals surface area contributed by atoms with Gasteiger partial charge in [-0.15, -0.1) is 0 Å². The van der Waals surface area contributed by atoms with Gasteiger partial charge in [0.2, 0.25) is 0 Å². The van der Waals surface area contributed by atoms with Crippen molar-refractivity contribution in [2.75, 3.05) is 39.8 Å². The molecule has 0 saturated heterocycles. The van der Waals surface area contributed by atoms with Gasteiger partial charge in [0.05, 0.1) is 42.3 Å². The SMILES string of the molecule is CCOc1cc(C(CS(C)(=O)=O)N2C(=O)c3cccc(-n4ccc(CN(C)C)c4)c3C2=O)ccc1OC. The fourth-order valence-electron chi connectivity index (χ4n) is 4.61. The molecular formula is C27H31N3O6S. The summed E-state index contributed by atoms with van der Waals surface area (Å²) in [7, 11) is 1.86. The van der Waals surface area contributed by atoms with Crippen LogP contribution in [0.5, 0.6) is 11.5 Å². The van der Waals surface area contributed by atoms with Crippen LogP contribution in [0.25, 0.3) is 5.69 Å². The Morgan fingerprint density at radius 1 is 1.03 bits per heavy atom. The summed E-state index contributed by atoms with van der Waals surface area (Å²) in [5.74, 6) is -0.637. The zero-order valence-electron chi connectivity index (χ0n) is 21.6. The Balaban J connectivity index is 1.80. The van der Waals surface area contributed by atoms with Crippen molar-refractivity contribution in [2.24, 2.45) is 0 Å². The molecule has 1 unspecified atom stereocenters. The van der Waals surface area contributed by atoms with E-state index in [1.54, 1.807) is 36.4 Å². The molecule has 1 aliphatic rings. The third kappa shape index (κ3) is 5.40. The molecule has 10 heteroatoms.